The van der Waals surface area contributed by atoms with Crippen LogP contribution in [0, 0.1) is 11.7 Å². The summed E-state index contributed by atoms with van der Waals surface area (Å²) >= 11 is 0. The second-order valence-electron chi connectivity index (χ2n) is 8.18. The predicted molar refractivity (Wildman–Crippen MR) is 100 cm³/mol. The van der Waals surface area contributed by atoms with Gasteiger partial charge in [0.05, 0.1) is 13.7 Å². The molecule has 1 amide bonds. The summed E-state index contributed by atoms with van der Waals surface area (Å²) in [6, 6.07) is 3.58. The first-order valence-electron chi connectivity index (χ1n) is 9.51. The zero-order valence-corrected chi connectivity index (χ0v) is 16.8. The van der Waals surface area contributed by atoms with Crippen LogP contribution in [0.25, 0.3) is 0 Å². The van der Waals surface area contributed by atoms with E-state index in [1.54, 1.807) is 0 Å². The lowest BCUT2D eigenvalue weighted by Gasteiger charge is -2.38. The van der Waals surface area contributed by atoms with E-state index in [-0.39, 0.29) is 17.2 Å². The van der Waals surface area contributed by atoms with Gasteiger partial charge in [-0.3, -0.25) is 4.79 Å². The molecule has 1 atom stereocenters. The zero-order valence-electron chi connectivity index (χ0n) is 16.8. The van der Waals surface area contributed by atoms with Crippen molar-refractivity contribution in [1.82, 2.24) is 10.6 Å². The molecule has 2 rings (SSSR count). The molecule has 1 aliphatic heterocycles. The molecule has 0 radical (unpaired) electrons. The molecule has 0 saturated carbocycles. The van der Waals surface area contributed by atoms with Crippen molar-refractivity contribution in [3.63, 3.8) is 0 Å². The SMILES string of the molecule is COc1ccc(F)cc1C(C)(C)CC(O)(CNC(=O)C1CCNCC1)C(F)(F)F. The highest BCUT2D eigenvalue weighted by Crippen LogP contribution is 2.43. The van der Waals surface area contributed by atoms with Gasteiger partial charge in [-0.15, -0.1) is 0 Å². The fourth-order valence-electron chi connectivity index (χ4n) is 3.76. The predicted octanol–water partition coefficient (Wildman–Crippen LogP) is 2.91. The van der Waals surface area contributed by atoms with E-state index < -0.39 is 41.9 Å². The molecular formula is C20H28F4N2O3. The van der Waals surface area contributed by atoms with Crippen LogP contribution in [0.3, 0.4) is 0 Å². The Labute approximate surface area is 167 Å². The third-order valence-electron chi connectivity index (χ3n) is 5.42. The summed E-state index contributed by atoms with van der Waals surface area (Å²) in [5.74, 6) is -1.29. The number of amides is 1. The maximum Gasteiger partial charge on any atom is 0.418 e. The molecule has 9 heteroatoms. The summed E-state index contributed by atoms with van der Waals surface area (Å²) in [6.07, 6.45) is -4.72. The first-order chi connectivity index (χ1) is 13.4. The van der Waals surface area contributed by atoms with Gasteiger partial charge in [0.1, 0.15) is 11.6 Å². The lowest BCUT2D eigenvalue weighted by molar-refractivity contribution is -0.264. The van der Waals surface area contributed by atoms with Crippen molar-refractivity contribution < 1.29 is 32.2 Å². The summed E-state index contributed by atoms with van der Waals surface area (Å²) < 4.78 is 60.3. The van der Waals surface area contributed by atoms with Gasteiger partial charge in [0.25, 0.3) is 0 Å². The zero-order chi connectivity index (χ0) is 21.9. The largest absolute Gasteiger partial charge is 0.496 e. The second kappa shape index (κ2) is 8.87. The van der Waals surface area contributed by atoms with Gasteiger partial charge >= 0.3 is 6.18 Å². The molecule has 1 unspecified atom stereocenters. The Kier molecular flexibility index (Phi) is 7.16. The number of nitrogens with one attached hydrogen (secondary N) is 2. The average molecular weight is 420 g/mol. The minimum Gasteiger partial charge on any atom is -0.496 e. The van der Waals surface area contributed by atoms with Gasteiger partial charge in [0.2, 0.25) is 5.91 Å². The van der Waals surface area contributed by atoms with Crippen molar-refractivity contribution >= 4 is 5.91 Å². The number of hydrogen-bond donors (Lipinski definition) is 3. The van der Waals surface area contributed by atoms with Crippen LogP contribution in [0.1, 0.15) is 38.7 Å². The number of halogens is 4. The fourth-order valence-corrected chi connectivity index (χ4v) is 3.76. The van der Waals surface area contributed by atoms with E-state index >= 15 is 0 Å². The summed E-state index contributed by atoms with van der Waals surface area (Å²) in [7, 11) is 1.34. The molecule has 0 bridgehead atoms. The maximum atomic E-state index is 13.8. The Morgan fingerprint density at radius 2 is 1.90 bits per heavy atom. The van der Waals surface area contributed by atoms with E-state index in [1.807, 2.05) is 0 Å². The monoisotopic (exact) mass is 420 g/mol. The molecule has 29 heavy (non-hydrogen) atoms. The molecule has 3 N–H and O–H groups in total. The molecule has 5 nitrogen and oxygen atoms in total. The molecule has 1 aromatic carbocycles. The van der Waals surface area contributed by atoms with E-state index in [0.29, 0.717) is 25.9 Å². The topological polar surface area (TPSA) is 70.6 Å². The van der Waals surface area contributed by atoms with E-state index in [2.05, 4.69) is 10.6 Å². The van der Waals surface area contributed by atoms with E-state index in [1.165, 1.54) is 27.0 Å². The molecule has 0 spiro atoms. The van der Waals surface area contributed by atoms with Crippen molar-refractivity contribution in [2.24, 2.45) is 5.92 Å². The van der Waals surface area contributed by atoms with Crippen LogP contribution in [0.2, 0.25) is 0 Å². The molecule has 0 aliphatic carbocycles. The number of benzene rings is 1. The number of alkyl halides is 3. The molecule has 0 aromatic heterocycles. The van der Waals surface area contributed by atoms with Crippen molar-refractivity contribution in [1.29, 1.82) is 0 Å². The molecule has 1 aromatic rings. The summed E-state index contributed by atoms with van der Waals surface area (Å²) in [4.78, 5) is 12.3. The average Bonchev–Trinajstić information content (AvgIpc) is 2.65. The van der Waals surface area contributed by atoms with Gasteiger partial charge in [-0.05, 0) is 56.0 Å². The Balaban J connectivity index is 2.22. The molecule has 1 heterocycles. The number of methoxy groups -OCH3 is 1. The Bertz CT molecular complexity index is 718. The lowest BCUT2D eigenvalue weighted by atomic mass is 9.74. The number of carbonyl (C=O) groups is 1. The minimum absolute atomic E-state index is 0.201. The summed E-state index contributed by atoms with van der Waals surface area (Å²) in [6.45, 7) is 3.20. The summed E-state index contributed by atoms with van der Waals surface area (Å²) in [5.41, 5.74) is -4.28. The van der Waals surface area contributed by atoms with Gasteiger partial charge in [-0.25, -0.2) is 4.39 Å². The van der Waals surface area contributed by atoms with Crippen LogP contribution in [0.4, 0.5) is 17.6 Å². The fraction of sp³-hybridized carbons (Fsp3) is 0.650. The van der Waals surface area contributed by atoms with Crippen LogP contribution < -0.4 is 15.4 Å². The van der Waals surface area contributed by atoms with E-state index in [9.17, 15) is 27.5 Å². The van der Waals surface area contributed by atoms with Crippen LogP contribution >= 0.6 is 0 Å². The first kappa shape index (κ1) is 23.4. The quantitative estimate of drug-likeness (QED) is 0.594. The lowest BCUT2D eigenvalue weighted by Crippen LogP contribution is -2.57. The molecule has 1 fully saturated rings. The van der Waals surface area contributed by atoms with Gasteiger partial charge in [-0.2, -0.15) is 13.2 Å². The number of piperidine rings is 1. The Morgan fingerprint density at radius 1 is 1.28 bits per heavy atom. The molecule has 164 valence electrons. The number of hydrogen-bond acceptors (Lipinski definition) is 4. The number of ether oxygens (including phenoxy) is 1. The Hall–Kier alpha value is -1.87. The smallest absolute Gasteiger partial charge is 0.418 e. The van der Waals surface area contributed by atoms with Crippen molar-refractivity contribution in [2.45, 2.75) is 50.3 Å². The van der Waals surface area contributed by atoms with Crippen molar-refractivity contribution in [3.05, 3.63) is 29.6 Å². The van der Waals surface area contributed by atoms with E-state index in [4.69, 9.17) is 4.74 Å². The molecule has 1 saturated heterocycles. The highest BCUT2D eigenvalue weighted by atomic mass is 19.4. The normalized spacial score (nSPS) is 18.2. The van der Waals surface area contributed by atoms with Gasteiger partial charge in [0, 0.05) is 11.5 Å². The first-order valence-corrected chi connectivity index (χ1v) is 9.51. The third-order valence-corrected chi connectivity index (χ3v) is 5.42. The van der Waals surface area contributed by atoms with Crippen LogP contribution in [-0.4, -0.2) is 49.5 Å². The number of rotatable bonds is 7. The van der Waals surface area contributed by atoms with Crippen molar-refractivity contribution in [2.75, 3.05) is 26.7 Å². The van der Waals surface area contributed by atoms with E-state index in [0.717, 1.165) is 12.1 Å². The minimum atomic E-state index is -4.99. The van der Waals surface area contributed by atoms with Crippen molar-refractivity contribution in [3.8, 4) is 5.75 Å². The molecule has 1 aliphatic rings. The second-order valence-corrected chi connectivity index (χ2v) is 8.18. The highest BCUT2D eigenvalue weighted by molar-refractivity contribution is 5.78. The molecular weight excluding hydrogens is 392 g/mol. The van der Waals surface area contributed by atoms with Gasteiger partial charge in [-0.1, -0.05) is 13.8 Å². The van der Waals surface area contributed by atoms with Gasteiger partial charge < -0.3 is 20.5 Å². The van der Waals surface area contributed by atoms with Crippen LogP contribution in [-0.2, 0) is 10.2 Å². The number of aliphatic hydroxyl groups is 1. The summed E-state index contributed by atoms with van der Waals surface area (Å²) in [5, 5.41) is 15.9. The van der Waals surface area contributed by atoms with Crippen LogP contribution in [0.5, 0.6) is 5.75 Å². The van der Waals surface area contributed by atoms with Gasteiger partial charge in [0.15, 0.2) is 5.60 Å². The Morgan fingerprint density at radius 3 is 2.45 bits per heavy atom. The maximum absolute atomic E-state index is 13.8. The third kappa shape index (κ3) is 5.60. The highest BCUT2D eigenvalue weighted by Gasteiger charge is 2.56. The standard InChI is InChI=1S/C20H28F4N2O3/c1-18(2,15-10-14(21)4-5-16(15)29-3)11-19(28,20(22,23)24)12-26-17(27)13-6-8-25-9-7-13/h4-5,10,13,25,28H,6-9,11-12H2,1-3H3,(H,26,27). The van der Waals surface area contributed by atoms with Crippen LogP contribution in [0.15, 0.2) is 18.2 Å². The number of carbonyl (C=O) groups excluding carboxylic acids is 1.